The predicted octanol–water partition coefficient (Wildman–Crippen LogP) is 4.75. The molecule has 34 heavy (non-hydrogen) atoms. The Morgan fingerprint density at radius 2 is 1.82 bits per heavy atom. The SMILES string of the molecule is CCC#Cc1nc(C(F)(F)CCC)nn1Cc1ccc(Cc2cccc(-c3nnn[nH]3)c2)cc1. The van der Waals surface area contributed by atoms with Crippen molar-refractivity contribution in [1.29, 1.82) is 0 Å². The molecule has 174 valence electrons. The number of hydrogen-bond donors (Lipinski definition) is 1. The molecule has 2 heterocycles. The zero-order chi connectivity index (χ0) is 24.0. The Labute approximate surface area is 196 Å². The van der Waals surface area contributed by atoms with Gasteiger partial charge in [0.15, 0.2) is 5.82 Å². The van der Waals surface area contributed by atoms with Gasteiger partial charge in [-0.1, -0.05) is 62.2 Å². The number of aromatic nitrogens is 7. The first-order valence-electron chi connectivity index (χ1n) is 11.2. The lowest BCUT2D eigenvalue weighted by Gasteiger charge is -2.10. The average Bonchev–Trinajstić information content (AvgIpc) is 3.50. The fraction of sp³-hybridized carbons (Fsp3) is 0.320. The fourth-order valence-electron chi connectivity index (χ4n) is 3.57. The molecule has 0 aliphatic heterocycles. The van der Waals surface area contributed by atoms with Crippen LogP contribution in [0.1, 0.15) is 61.4 Å². The number of aromatic amines is 1. The minimum atomic E-state index is -3.07. The molecule has 0 spiro atoms. The first-order valence-corrected chi connectivity index (χ1v) is 11.2. The van der Waals surface area contributed by atoms with Crippen molar-refractivity contribution in [1.82, 2.24) is 35.4 Å². The summed E-state index contributed by atoms with van der Waals surface area (Å²) < 4.78 is 30.2. The van der Waals surface area contributed by atoms with Gasteiger partial charge in [0.2, 0.25) is 11.6 Å². The van der Waals surface area contributed by atoms with E-state index in [4.69, 9.17) is 0 Å². The molecular weight excluding hydrogens is 436 g/mol. The van der Waals surface area contributed by atoms with Crippen molar-refractivity contribution in [2.45, 2.75) is 52.0 Å². The molecule has 0 amide bonds. The summed E-state index contributed by atoms with van der Waals surface area (Å²) in [7, 11) is 0. The van der Waals surface area contributed by atoms with Gasteiger partial charge in [-0.3, -0.25) is 0 Å². The van der Waals surface area contributed by atoms with E-state index < -0.39 is 11.7 Å². The number of tetrazole rings is 1. The van der Waals surface area contributed by atoms with Crippen LogP contribution < -0.4 is 0 Å². The maximum absolute atomic E-state index is 14.4. The van der Waals surface area contributed by atoms with Gasteiger partial charge in [-0.15, -0.1) is 10.2 Å². The number of halogens is 2. The van der Waals surface area contributed by atoms with Gasteiger partial charge in [0.05, 0.1) is 6.54 Å². The molecule has 4 aromatic rings. The van der Waals surface area contributed by atoms with E-state index in [9.17, 15) is 8.78 Å². The van der Waals surface area contributed by atoms with E-state index in [0.29, 0.717) is 25.2 Å². The molecule has 0 saturated heterocycles. The minimum Gasteiger partial charge on any atom is -0.239 e. The van der Waals surface area contributed by atoms with Crippen molar-refractivity contribution < 1.29 is 8.78 Å². The third-order valence-corrected chi connectivity index (χ3v) is 5.25. The van der Waals surface area contributed by atoms with Crippen molar-refractivity contribution in [2.24, 2.45) is 0 Å². The van der Waals surface area contributed by atoms with Gasteiger partial charge in [-0.2, -0.15) is 13.8 Å². The predicted molar refractivity (Wildman–Crippen MR) is 124 cm³/mol. The fourth-order valence-corrected chi connectivity index (χ4v) is 3.57. The van der Waals surface area contributed by atoms with Gasteiger partial charge in [-0.05, 0) is 51.9 Å². The lowest BCUT2D eigenvalue weighted by atomic mass is 10.0. The summed E-state index contributed by atoms with van der Waals surface area (Å²) >= 11 is 0. The summed E-state index contributed by atoms with van der Waals surface area (Å²) in [5.41, 5.74) is 4.09. The second-order valence-electron chi connectivity index (χ2n) is 7.97. The third kappa shape index (κ3) is 5.52. The normalized spacial score (nSPS) is 11.3. The van der Waals surface area contributed by atoms with Gasteiger partial charge in [0.1, 0.15) is 0 Å². The average molecular weight is 462 g/mol. The third-order valence-electron chi connectivity index (χ3n) is 5.25. The van der Waals surface area contributed by atoms with Gasteiger partial charge >= 0.3 is 5.92 Å². The van der Waals surface area contributed by atoms with E-state index in [1.165, 1.54) is 4.68 Å². The topological polar surface area (TPSA) is 85.2 Å². The van der Waals surface area contributed by atoms with Crippen LogP contribution in [-0.4, -0.2) is 35.4 Å². The van der Waals surface area contributed by atoms with E-state index in [0.717, 1.165) is 28.7 Å². The van der Waals surface area contributed by atoms with Crippen molar-refractivity contribution >= 4 is 0 Å². The van der Waals surface area contributed by atoms with Crippen LogP contribution in [0.3, 0.4) is 0 Å². The molecule has 2 aromatic heterocycles. The van der Waals surface area contributed by atoms with Crippen LogP contribution in [0.4, 0.5) is 8.78 Å². The Kier molecular flexibility index (Phi) is 7.07. The highest BCUT2D eigenvalue weighted by molar-refractivity contribution is 5.55. The van der Waals surface area contributed by atoms with E-state index in [2.05, 4.69) is 42.5 Å². The number of rotatable bonds is 8. The molecule has 2 aromatic carbocycles. The molecule has 0 saturated carbocycles. The zero-order valence-corrected chi connectivity index (χ0v) is 19.1. The second kappa shape index (κ2) is 10.3. The Hall–Kier alpha value is -3.93. The Morgan fingerprint density at radius 1 is 1.03 bits per heavy atom. The van der Waals surface area contributed by atoms with Crippen LogP contribution >= 0.6 is 0 Å². The molecule has 0 unspecified atom stereocenters. The van der Waals surface area contributed by atoms with Crippen molar-refractivity contribution in [3.63, 3.8) is 0 Å². The molecule has 0 bridgehead atoms. The Morgan fingerprint density at radius 3 is 2.53 bits per heavy atom. The van der Waals surface area contributed by atoms with Gasteiger partial charge in [0.25, 0.3) is 0 Å². The van der Waals surface area contributed by atoms with E-state index in [-0.39, 0.29) is 12.2 Å². The van der Waals surface area contributed by atoms with Crippen LogP contribution in [0.15, 0.2) is 48.5 Å². The number of hydrogen-bond acceptors (Lipinski definition) is 5. The monoisotopic (exact) mass is 461 g/mol. The molecule has 0 aliphatic rings. The zero-order valence-electron chi connectivity index (χ0n) is 19.1. The van der Waals surface area contributed by atoms with Crippen molar-refractivity contribution in [3.8, 4) is 23.2 Å². The lowest BCUT2D eigenvalue weighted by Crippen LogP contribution is -2.15. The van der Waals surface area contributed by atoms with Crippen LogP contribution in [0.2, 0.25) is 0 Å². The molecule has 0 fully saturated rings. The lowest BCUT2D eigenvalue weighted by molar-refractivity contribution is -0.0232. The molecule has 1 N–H and O–H groups in total. The first kappa shape index (κ1) is 23.2. The summed E-state index contributed by atoms with van der Waals surface area (Å²) in [6, 6.07) is 16.0. The second-order valence-corrected chi connectivity index (χ2v) is 7.97. The summed E-state index contributed by atoms with van der Waals surface area (Å²) in [5, 5.41) is 18.1. The maximum Gasteiger partial charge on any atom is 0.308 e. The van der Waals surface area contributed by atoms with Gasteiger partial charge in [0, 0.05) is 18.4 Å². The summed E-state index contributed by atoms with van der Waals surface area (Å²) in [6.07, 6.45) is 1.40. The molecule has 7 nitrogen and oxygen atoms in total. The standard InChI is InChI=1S/C25H25F2N7/c1-3-5-9-22-28-24(25(26,27)14-4-2)31-34(22)17-19-12-10-18(11-13-19)15-20-7-6-8-21(16-20)23-29-32-33-30-23/h6-8,10-13,16H,3-4,14-15,17H2,1-2H3,(H,29,30,32,33). The molecule has 9 heteroatoms. The quantitative estimate of drug-likeness (QED) is 0.383. The molecule has 0 atom stereocenters. The van der Waals surface area contributed by atoms with Crippen LogP contribution in [0, 0.1) is 11.8 Å². The van der Waals surface area contributed by atoms with E-state index in [1.54, 1.807) is 6.92 Å². The number of nitrogens with one attached hydrogen (secondary N) is 1. The highest BCUT2D eigenvalue weighted by Crippen LogP contribution is 2.30. The van der Waals surface area contributed by atoms with E-state index >= 15 is 0 Å². The number of benzene rings is 2. The maximum atomic E-state index is 14.4. The summed E-state index contributed by atoms with van der Waals surface area (Å²) in [4.78, 5) is 4.05. The first-order chi connectivity index (χ1) is 16.5. The van der Waals surface area contributed by atoms with Crippen LogP contribution in [0.25, 0.3) is 11.4 Å². The van der Waals surface area contributed by atoms with Crippen molar-refractivity contribution in [2.75, 3.05) is 0 Å². The Balaban J connectivity index is 1.50. The van der Waals surface area contributed by atoms with Crippen LogP contribution in [-0.2, 0) is 18.9 Å². The van der Waals surface area contributed by atoms with Gasteiger partial charge < -0.3 is 0 Å². The smallest absolute Gasteiger partial charge is 0.239 e. The Bertz CT molecular complexity index is 1280. The molecular formula is C25H25F2N7. The molecule has 0 radical (unpaired) electrons. The number of H-pyrrole nitrogens is 1. The largest absolute Gasteiger partial charge is 0.308 e. The highest BCUT2D eigenvalue weighted by atomic mass is 19.3. The number of nitrogens with zero attached hydrogens (tertiary/aromatic N) is 6. The number of alkyl halides is 2. The van der Waals surface area contributed by atoms with Crippen LogP contribution in [0.5, 0.6) is 0 Å². The minimum absolute atomic E-state index is 0.260. The highest BCUT2D eigenvalue weighted by Gasteiger charge is 2.36. The summed E-state index contributed by atoms with van der Waals surface area (Å²) in [6.45, 7) is 3.93. The van der Waals surface area contributed by atoms with Crippen molar-refractivity contribution in [3.05, 3.63) is 76.9 Å². The van der Waals surface area contributed by atoms with Gasteiger partial charge in [-0.25, -0.2) is 9.78 Å². The molecule has 0 aliphatic carbocycles. The molecule has 4 rings (SSSR count). The van der Waals surface area contributed by atoms with E-state index in [1.807, 2.05) is 55.5 Å². The summed E-state index contributed by atoms with van der Waals surface area (Å²) in [5.74, 6) is 3.12.